The number of phenols is 1. The zero-order valence-electron chi connectivity index (χ0n) is 8.86. The first-order valence-corrected chi connectivity index (χ1v) is 4.73. The Hall–Kier alpha value is -1.55. The summed E-state index contributed by atoms with van der Waals surface area (Å²) in [5.74, 6) is -0.308. The lowest BCUT2D eigenvalue weighted by Crippen LogP contribution is -2.35. The first-order valence-electron chi connectivity index (χ1n) is 4.73. The molecule has 1 aromatic rings. The second-order valence-electron chi connectivity index (χ2n) is 3.35. The molecule has 0 heterocycles. The first-order chi connectivity index (χ1) is 7.15. The maximum atomic E-state index is 11.6. The Morgan fingerprint density at radius 2 is 2.20 bits per heavy atom. The Kier molecular flexibility index (Phi) is 4.12. The molecule has 0 spiro atoms. The number of aromatic hydroxyl groups is 1. The highest BCUT2D eigenvalue weighted by Crippen LogP contribution is 2.15. The molecule has 0 unspecified atom stereocenters. The zero-order chi connectivity index (χ0) is 11.3. The molecule has 0 saturated carbocycles. The number of phenolic OH excluding ortho intramolecular Hbond substituents is 1. The number of hydrogen-bond acceptors (Lipinski definition) is 3. The molecule has 0 aliphatic heterocycles. The van der Waals surface area contributed by atoms with Crippen molar-refractivity contribution in [3.05, 3.63) is 29.8 Å². The molecule has 4 heteroatoms. The molecule has 0 aliphatic rings. The third kappa shape index (κ3) is 3.25. The van der Waals surface area contributed by atoms with Crippen LogP contribution in [0, 0.1) is 0 Å². The van der Waals surface area contributed by atoms with Crippen molar-refractivity contribution in [3.8, 4) is 5.75 Å². The van der Waals surface area contributed by atoms with Gasteiger partial charge in [-0.25, -0.2) is 0 Å². The fourth-order valence-electron chi connectivity index (χ4n) is 1.26. The number of amides is 1. The third-order valence-corrected chi connectivity index (χ3v) is 1.94. The van der Waals surface area contributed by atoms with Crippen LogP contribution in [0.3, 0.4) is 0 Å². The standard InChI is InChI=1S/C11H15NO3/c1-8(7-15-2)12-11(14)9-5-3-4-6-10(9)13/h3-6,8,13H,7H2,1-2H3,(H,12,14)/t8-/m0/s1. The molecule has 15 heavy (non-hydrogen) atoms. The van der Waals surface area contributed by atoms with Gasteiger partial charge in [0.15, 0.2) is 0 Å². The Morgan fingerprint density at radius 1 is 1.53 bits per heavy atom. The van der Waals surface area contributed by atoms with Gasteiger partial charge in [-0.05, 0) is 19.1 Å². The van der Waals surface area contributed by atoms with Crippen LogP contribution < -0.4 is 5.32 Å². The summed E-state index contributed by atoms with van der Waals surface area (Å²) < 4.78 is 4.89. The highest BCUT2D eigenvalue weighted by atomic mass is 16.5. The van der Waals surface area contributed by atoms with Crippen LogP contribution in [0.1, 0.15) is 17.3 Å². The zero-order valence-corrected chi connectivity index (χ0v) is 8.86. The van der Waals surface area contributed by atoms with Crippen LogP contribution in [0.5, 0.6) is 5.75 Å². The van der Waals surface area contributed by atoms with Crippen molar-refractivity contribution in [2.45, 2.75) is 13.0 Å². The molecule has 82 valence electrons. The van der Waals surface area contributed by atoms with Crippen molar-refractivity contribution in [2.75, 3.05) is 13.7 Å². The molecule has 1 rings (SSSR count). The summed E-state index contributed by atoms with van der Waals surface area (Å²) in [5.41, 5.74) is 0.278. The van der Waals surface area contributed by atoms with Gasteiger partial charge in [0.25, 0.3) is 5.91 Å². The summed E-state index contributed by atoms with van der Waals surface area (Å²) in [7, 11) is 1.57. The topological polar surface area (TPSA) is 58.6 Å². The van der Waals surface area contributed by atoms with Crippen LogP contribution in [-0.4, -0.2) is 30.8 Å². The van der Waals surface area contributed by atoms with Crippen molar-refractivity contribution in [3.63, 3.8) is 0 Å². The maximum absolute atomic E-state index is 11.6. The molecule has 1 aromatic carbocycles. The van der Waals surface area contributed by atoms with E-state index in [0.29, 0.717) is 6.61 Å². The second-order valence-corrected chi connectivity index (χ2v) is 3.35. The van der Waals surface area contributed by atoms with Crippen molar-refractivity contribution >= 4 is 5.91 Å². The number of rotatable bonds is 4. The normalized spacial score (nSPS) is 12.1. The van der Waals surface area contributed by atoms with Crippen molar-refractivity contribution in [2.24, 2.45) is 0 Å². The number of carbonyl (C=O) groups excluding carboxylic acids is 1. The molecular weight excluding hydrogens is 194 g/mol. The molecule has 1 amide bonds. The molecule has 4 nitrogen and oxygen atoms in total. The van der Waals surface area contributed by atoms with Gasteiger partial charge in [-0.15, -0.1) is 0 Å². The number of para-hydroxylation sites is 1. The van der Waals surface area contributed by atoms with E-state index in [1.165, 1.54) is 6.07 Å². The summed E-state index contributed by atoms with van der Waals surface area (Å²) in [6, 6.07) is 6.35. The summed E-state index contributed by atoms with van der Waals surface area (Å²) in [5, 5.41) is 12.1. The lowest BCUT2D eigenvalue weighted by molar-refractivity contribution is 0.0903. The number of hydrogen-bond donors (Lipinski definition) is 2. The average molecular weight is 209 g/mol. The second kappa shape index (κ2) is 5.36. The van der Waals surface area contributed by atoms with Gasteiger partial charge in [0.2, 0.25) is 0 Å². The average Bonchev–Trinajstić information content (AvgIpc) is 2.18. The Balaban J connectivity index is 2.65. The Bertz CT molecular complexity index is 338. The quantitative estimate of drug-likeness (QED) is 0.782. The van der Waals surface area contributed by atoms with Crippen LogP contribution in [0.2, 0.25) is 0 Å². The number of methoxy groups -OCH3 is 1. The fraction of sp³-hybridized carbons (Fsp3) is 0.364. The van der Waals surface area contributed by atoms with E-state index in [0.717, 1.165) is 0 Å². The lowest BCUT2D eigenvalue weighted by Gasteiger charge is -2.13. The largest absolute Gasteiger partial charge is 0.507 e. The van der Waals surface area contributed by atoms with E-state index < -0.39 is 0 Å². The van der Waals surface area contributed by atoms with Gasteiger partial charge >= 0.3 is 0 Å². The van der Waals surface area contributed by atoms with E-state index >= 15 is 0 Å². The van der Waals surface area contributed by atoms with Gasteiger partial charge < -0.3 is 15.2 Å². The molecular formula is C11H15NO3. The van der Waals surface area contributed by atoms with E-state index in [1.807, 2.05) is 6.92 Å². The molecule has 0 radical (unpaired) electrons. The van der Waals surface area contributed by atoms with E-state index in [2.05, 4.69) is 5.32 Å². The van der Waals surface area contributed by atoms with E-state index in [9.17, 15) is 9.90 Å². The number of carbonyl (C=O) groups is 1. The highest BCUT2D eigenvalue weighted by molar-refractivity contribution is 5.96. The fourth-order valence-corrected chi connectivity index (χ4v) is 1.26. The molecule has 0 aliphatic carbocycles. The highest BCUT2D eigenvalue weighted by Gasteiger charge is 2.12. The molecule has 0 saturated heterocycles. The van der Waals surface area contributed by atoms with Crippen molar-refractivity contribution < 1.29 is 14.6 Å². The number of benzene rings is 1. The van der Waals surface area contributed by atoms with Crippen LogP contribution >= 0.6 is 0 Å². The minimum Gasteiger partial charge on any atom is -0.507 e. The predicted octanol–water partition coefficient (Wildman–Crippen LogP) is 1.16. The summed E-state index contributed by atoms with van der Waals surface area (Å²) in [6.07, 6.45) is 0. The predicted molar refractivity (Wildman–Crippen MR) is 56.9 cm³/mol. The van der Waals surface area contributed by atoms with Gasteiger partial charge in [-0.3, -0.25) is 4.79 Å². The van der Waals surface area contributed by atoms with Gasteiger partial charge in [0.05, 0.1) is 12.2 Å². The van der Waals surface area contributed by atoms with Crippen LogP contribution in [0.25, 0.3) is 0 Å². The SMILES string of the molecule is COC[C@H](C)NC(=O)c1ccccc1O. The van der Waals surface area contributed by atoms with Gasteiger partial charge in [-0.2, -0.15) is 0 Å². The minimum absolute atomic E-state index is 0.0142. The van der Waals surface area contributed by atoms with Crippen LogP contribution in [-0.2, 0) is 4.74 Å². The number of nitrogens with one attached hydrogen (secondary N) is 1. The molecule has 1 atom stereocenters. The van der Waals surface area contributed by atoms with E-state index in [4.69, 9.17) is 4.74 Å². The molecule has 0 aromatic heterocycles. The molecule has 2 N–H and O–H groups in total. The molecule has 0 bridgehead atoms. The van der Waals surface area contributed by atoms with Crippen molar-refractivity contribution in [1.29, 1.82) is 0 Å². The Labute approximate surface area is 88.9 Å². The van der Waals surface area contributed by atoms with Crippen LogP contribution in [0.15, 0.2) is 24.3 Å². The third-order valence-electron chi connectivity index (χ3n) is 1.94. The summed E-state index contributed by atoms with van der Waals surface area (Å²) >= 11 is 0. The van der Waals surface area contributed by atoms with E-state index in [-0.39, 0.29) is 23.3 Å². The van der Waals surface area contributed by atoms with Gasteiger partial charge in [-0.1, -0.05) is 12.1 Å². The Morgan fingerprint density at radius 3 is 2.80 bits per heavy atom. The first kappa shape index (κ1) is 11.5. The summed E-state index contributed by atoms with van der Waals surface area (Å²) in [4.78, 5) is 11.6. The number of ether oxygens (including phenoxy) is 1. The van der Waals surface area contributed by atoms with E-state index in [1.54, 1.807) is 25.3 Å². The maximum Gasteiger partial charge on any atom is 0.255 e. The smallest absolute Gasteiger partial charge is 0.255 e. The lowest BCUT2D eigenvalue weighted by atomic mass is 10.2. The van der Waals surface area contributed by atoms with Gasteiger partial charge in [0.1, 0.15) is 5.75 Å². The van der Waals surface area contributed by atoms with Crippen molar-refractivity contribution in [1.82, 2.24) is 5.32 Å². The van der Waals surface area contributed by atoms with Crippen LogP contribution in [0.4, 0.5) is 0 Å². The monoisotopic (exact) mass is 209 g/mol. The van der Waals surface area contributed by atoms with Gasteiger partial charge in [0, 0.05) is 13.2 Å². The minimum atomic E-state index is -0.294. The summed E-state index contributed by atoms with van der Waals surface area (Å²) in [6.45, 7) is 2.28. The molecule has 0 fully saturated rings.